The van der Waals surface area contributed by atoms with E-state index in [1.807, 2.05) is 60.7 Å². The number of benzene rings is 2. The highest BCUT2D eigenvalue weighted by Gasteiger charge is 2.06. The summed E-state index contributed by atoms with van der Waals surface area (Å²) in [5, 5.41) is 0. The molecule has 2 aromatic carbocycles. The zero-order valence-corrected chi connectivity index (χ0v) is 9.34. The van der Waals surface area contributed by atoms with Gasteiger partial charge in [0.05, 0.1) is 0 Å². The molecule has 6 N–H and O–H groups in total. The van der Waals surface area contributed by atoms with Gasteiger partial charge in [0.1, 0.15) is 0 Å². The molecular weight excluding hydrogens is 216 g/mol. The van der Waals surface area contributed by atoms with E-state index in [0.717, 1.165) is 11.1 Å². The molecule has 0 spiro atoms. The first-order valence-corrected chi connectivity index (χ1v) is 4.86. The van der Waals surface area contributed by atoms with Crippen LogP contribution < -0.4 is 11.7 Å². The number of hydrogen-bond donors (Lipinski definition) is 2. The highest BCUT2D eigenvalue weighted by molar-refractivity contribution is 6.08. The first kappa shape index (κ1) is 15.0. The first-order chi connectivity index (χ1) is 7.88. The van der Waals surface area contributed by atoms with Crippen molar-refractivity contribution in [2.24, 2.45) is 11.7 Å². The van der Waals surface area contributed by atoms with Gasteiger partial charge < -0.3 is 5.48 Å². The molecule has 0 unspecified atom stereocenters. The van der Waals surface area contributed by atoms with E-state index < -0.39 is 0 Å². The van der Waals surface area contributed by atoms with E-state index in [1.165, 1.54) is 0 Å². The largest absolute Gasteiger partial charge is 0.412 e. The molecule has 0 aromatic heterocycles. The van der Waals surface area contributed by atoms with Crippen molar-refractivity contribution in [3.05, 3.63) is 71.8 Å². The first-order valence-electron chi connectivity index (χ1n) is 4.86. The lowest BCUT2D eigenvalue weighted by molar-refractivity contribution is 0.103. The molecule has 0 amide bonds. The average Bonchev–Trinajstić information content (AvgIpc) is 2.42. The molecule has 0 saturated heterocycles. The van der Waals surface area contributed by atoms with Gasteiger partial charge in [0.15, 0.2) is 5.78 Å². The van der Waals surface area contributed by atoms with E-state index in [1.54, 1.807) is 0 Å². The van der Waals surface area contributed by atoms with Crippen molar-refractivity contribution in [1.29, 1.82) is 0 Å². The minimum atomic E-state index is 0. The summed E-state index contributed by atoms with van der Waals surface area (Å²) >= 11 is 0. The minimum Gasteiger partial charge on any atom is -0.412 e. The van der Waals surface area contributed by atoms with Crippen LogP contribution in [0.3, 0.4) is 0 Å². The number of hydrazine groups is 1. The van der Waals surface area contributed by atoms with Gasteiger partial charge in [-0.3, -0.25) is 16.5 Å². The van der Waals surface area contributed by atoms with Crippen LogP contribution in [0.4, 0.5) is 0 Å². The third-order valence-electron chi connectivity index (χ3n) is 2.07. The lowest BCUT2D eigenvalue weighted by Gasteiger charge is -1.99. The molecule has 0 bridgehead atoms. The maximum Gasteiger partial charge on any atom is 0.193 e. The predicted octanol–water partition coefficient (Wildman–Crippen LogP) is 0.912. The summed E-state index contributed by atoms with van der Waals surface area (Å²) in [7, 11) is 0. The zero-order chi connectivity index (χ0) is 11.8. The molecule has 2 aromatic rings. The van der Waals surface area contributed by atoms with Crippen molar-refractivity contribution in [3.63, 3.8) is 0 Å². The van der Waals surface area contributed by atoms with Gasteiger partial charge >= 0.3 is 0 Å². The lowest BCUT2D eigenvalue weighted by Crippen LogP contribution is -2.02. The van der Waals surface area contributed by atoms with Crippen LogP contribution in [-0.2, 0) is 0 Å². The monoisotopic (exact) mass is 232 g/mol. The highest BCUT2D eigenvalue weighted by atomic mass is 16.1. The summed E-state index contributed by atoms with van der Waals surface area (Å²) in [5.74, 6) is 8.08. The molecule has 0 aliphatic carbocycles. The Morgan fingerprint density at radius 2 is 1.00 bits per heavy atom. The summed E-state index contributed by atoms with van der Waals surface area (Å²) in [6, 6.07) is 18.6. The molecule has 17 heavy (non-hydrogen) atoms. The van der Waals surface area contributed by atoms with Gasteiger partial charge in [-0.15, -0.1) is 0 Å². The number of carbonyl (C=O) groups is 1. The van der Waals surface area contributed by atoms with Crippen LogP contribution in [0.25, 0.3) is 0 Å². The van der Waals surface area contributed by atoms with Gasteiger partial charge in [0.2, 0.25) is 0 Å². The summed E-state index contributed by atoms with van der Waals surface area (Å²) < 4.78 is 0. The van der Waals surface area contributed by atoms with Gasteiger partial charge in [0, 0.05) is 11.1 Å². The van der Waals surface area contributed by atoms with Crippen LogP contribution in [0.15, 0.2) is 60.7 Å². The predicted molar refractivity (Wildman–Crippen MR) is 68.3 cm³/mol. The summed E-state index contributed by atoms with van der Waals surface area (Å²) in [4.78, 5) is 11.8. The number of rotatable bonds is 2. The Morgan fingerprint density at radius 3 is 1.29 bits per heavy atom. The maximum absolute atomic E-state index is 11.8. The van der Waals surface area contributed by atoms with Crippen molar-refractivity contribution in [2.45, 2.75) is 0 Å². The van der Waals surface area contributed by atoms with Crippen LogP contribution in [0.2, 0.25) is 0 Å². The van der Waals surface area contributed by atoms with Gasteiger partial charge in [-0.1, -0.05) is 60.7 Å². The van der Waals surface area contributed by atoms with E-state index in [4.69, 9.17) is 0 Å². The maximum atomic E-state index is 11.8. The lowest BCUT2D eigenvalue weighted by atomic mass is 10.0. The Labute approximate surface area is 100 Å². The number of nitrogens with two attached hydrogens (primary N) is 2. The molecule has 0 atom stereocenters. The third kappa shape index (κ3) is 4.16. The average molecular weight is 232 g/mol. The van der Waals surface area contributed by atoms with Gasteiger partial charge in [0.25, 0.3) is 0 Å². The second-order valence-electron chi connectivity index (χ2n) is 3.06. The molecule has 4 heteroatoms. The van der Waals surface area contributed by atoms with Crippen molar-refractivity contribution in [1.82, 2.24) is 0 Å². The molecule has 90 valence electrons. The van der Waals surface area contributed by atoms with Crippen LogP contribution in [0, 0.1) is 0 Å². The minimum absolute atomic E-state index is 0. The normalized spacial score (nSPS) is 8.35. The Morgan fingerprint density at radius 1 is 0.706 bits per heavy atom. The van der Waals surface area contributed by atoms with E-state index >= 15 is 0 Å². The van der Waals surface area contributed by atoms with E-state index in [-0.39, 0.29) is 11.3 Å². The fourth-order valence-corrected chi connectivity index (χ4v) is 1.35. The van der Waals surface area contributed by atoms with E-state index in [2.05, 4.69) is 11.7 Å². The van der Waals surface area contributed by atoms with Crippen LogP contribution in [0.1, 0.15) is 15.9 Å². The zero-order valence-electron chi connectivity index (χ0n) is 9.34. The second-order valence-corrected chi connectivity index (χ2v) is 3.06. The molecule has 0 fully saturated rings. The fraction of sp³-hybridized carbons (Fsp3) is 0. The standard InChI is InChI=1S/C13H10O.H4N2.H2O/c14-13(11-7-3-1-4-8-11)12-9-5-2-6-10-12;1-2;/h1-10H;1-2H2;1H2. The fourth-order valence-electron chi connectivity index (χ4n) is 1.35. The molecule has 0 aliphatic rings. The van der Waals surface area contributed by atoms with Gasteiger partial charge in [-0.2, -0.15) is 0 Å². The van der Waals surface area contributed by atoms with Crippen LogP contribution >= 0.6 is 0 Å². The molecule has 2 rings (SSSR count). The quantitative estimate of drug-likeness (QED) is 0.457. The van der Waals surface area contributed by atoms with Crippen molar-refractivity contribution in [3.8, 4) is 0 Å². The number of carbonyl (C=O) groups excluding carboxylic acids is 1. The molecule has 0 aliphatic heterocycles. The van der Waals surface area contributed by atoms with Crippen molar-refractivity contribution >= 4 is 5.78 Å². The Hall–Kier alpha value is -2.01. The molecule has 4 nitrogen and oxygen atoms in total. The van der Waals surface area contributed by atoms with E-state index in [9.17, 15) is 4.79 Å². The van der Waals surface area contributed by atoms with Crippen LogP contribution in [0.5, 0.6) is 0 Å². The van der Waals surface area contributed by atoms with Gasteiger partial charge in [-0.25, -0.2) is 0 Å². The van der Waals surface area contributed by atoms with E-state index in [0.29, 0.717) is 0 Å². The smallest absolute Gasteiger partial charge is 0.193 e. The highest BCUT2D eigenvalue weighted by Crippen LogP contribution is 2.08. The molecule has 0 saturated carbocycles. The molecular formula is C13H16N2O2. The van der Waals surface area contributed by atoms with Crippen molar-refractivity contribution in [2.75, 3.05) is 0 Å². The summed E-state index contributed by atoms with van der Waals surface area (Å²) in [6.07, 6.45) is 0. The Bertz CT molecular complexity index is 388. The van der Waals surface area contributed by atoms with Crippen LogP contribution in [-0.4, -0.2) is 11.3 Å². The van der Waals surface area contributed by atoms with Crippen molar-refractivity contribution < 1.29 is 10.3 Å². The van der Waals surface area contributed by atoms with Gasteiger partial charge in [-0.05, 0) is 0 Å². The summed E-state index contributed by atoms with van der Waals surface area (Å²) in [6.45, 7) is 0. The number of ketones is 1. The summed E-state index contributed by atoms with van der Waals surface area (Å²) in [5.41, 5.74) is 1.47. The SMILES string of the molecule is NN.O.O=C(c1ccccc1)c1ccccc1. The molecule has 0 heterocycles. The molecule has 0 radical (unpaired) electrons. The Kier molecular flexibility index (Phi) is 7.21. The number of hydrogen-bond acceptors (Lipinski definition) is 3. The third-order valence-corrected chi connectivity index (χ3v) is 2.07. The second kappa shape index (κ2) is 8.18. The topological polar surface area (TPSA) is 101 Å². The Balaban J connectivity index is 0.000000811.